The first-order valence-corrected chi connectivity index (χ1v) is 10.1. The highest BCUT2D eigenvalue weighted by atomic mass is 16.2. The van der Waals surface area contributed by atoms with E-state index in [1.165, 1.54) is 10.5 Å². The van der Waals surface area contributed by atoms with Crippen molar-refractivity contribution in [3.63, 3.8) is 0 Å². The van der Waals surface area contributed by atoms with E-state index in [1.807, 2.05) is 86.6 Å². The van der Waals surface area contributed by atoms with E-state index in [4.69, 9.17) is 0 Å². The first kappa shape index (κ1) is 19.6. The van der Waals surface area contributed by atoms with Crippen molar-refractivity contribution in [2.75, 3.05) is 10.2 Å². The Bertz CT molecular complexity index is 1150. The average Bonchev–Trinajstić information content (AvgIpc) is 3.00. The lowest BCUT2D eigenvalue weighted by molar-refractivity contribution is -0.120. The van der Waals surface area contributed by atoms with Gasteiger partial charge >= 0.3 is 0 Å². The smallest absolute Gasteiger partial charge is 0.282 e. The van der Waals surface area contributed by atoms with E-state index < -0.39 is 0 Å². The normalized spacial score (nSPS) is 13.9. The van der Waals surface area contributed by atoms with Crippen LogP contribution in [0.5, 0.6) is 0 Å². The summed E-state index contributed by atoms with van der Waals surface area (Å²) in [6.45, 7) is 5.96. The zero-order valence-electron chi connectivity index (χ0n) is 17.4. The van der Waals surface area contributed by atoms with Gasteiger partial charge in [0.05, 0.1) is 11.3 Å². The summed E-state index contributed by atoms with van der Waals surface area (Å²) in [5.41, 5.74) is 5.89. The third-order valence-corrected chi connectivity index (χ3v) is 5.38. The van der Waals surface area contributed by atoms with Gasteiger partial charge in [0, 0.05) is 5.69 Å². The van der Waals surface area contributed by atoms with Crippen molar-refractivity contribution in [2.45, 2.75) is 27.2 Å². The minimum Gasteiger partial charge on any atom is -0.350 e. The van der Waals surface area contributed by atoms with E-state index >= 15 is 0 Å². The molecule has 0 saturated heterocycles. The predicted molar refractivity (Wildman–Crippen MR) is 121 cm³/mol. The molecule has 0 radical (unpaired) electrons. The van der Waals surface area contributed by atoms with Gasteiger partial charge in [-0.3, -0.25) is 9.59 Å². The van der Waals surface area contributed by atoms with E-state index in [9.17, 15) is 9.59 Å². The molecule has 0 unspecified atom stereocenters. The van der Waals surface area contributed by atoms with Crippen LogP contribution in [0, 0.1) is 13.8 Å². The summed E-state index contributed by atoms with van der Waals surface area (Å²) in [4.78, 5) is 28.2. The molecule has 0 saturated carbocycles. The fraction of sp³-hybridized carbons (Fsp3) is 0.154. The number of nitrogens with one attached hydrogen (secondary N) is 1. The fourth-order valence-corrected chi connectivity index (χ4v) is 3.67. The minimum atomic E-state index is -0.341. The molecule has 150 valence electrons. The maximum absolute atomic E-state index is 13.5. The largest absolute Gasteiger partial charge is 0.350 e. The van der Waals surface area contributed by atoms with Gasteiger partial charge in [-0.15, -0.1) is 0 Å². The van der Waals surface area contributed by atoms with Crippen LogP contribution in [0.2, 0.25) is 0 Å². The summed E-state index contributed by atoms with van der Waals surface area (Å²) >= 11 is 0. The molecule has 1 heterocycles. The average molecular weight is 396 g/mol. The van der Waals surface area contributed by atoms with Crippen molar-refractivity contribution in [1.29, 1.82) is 0 Å². The number of nitrogens with zero attached hydrogens (tertiary/aromatic N) is 1. The van der Waals surface area contributed by atoms with Gasteiger partial charge in [0.15, 0.2) is 0 Å². The summed E-state index contributed by atoms with van der Waals surface area (Å²) in [6, 6.07) is 23.1. The van der Waals surface area contributed by atoms with Crippen LogP contribution in [0.25, 0.3) is 5.57 Å². The molecule has 4 rings (SSSR count). The lowest BCUT2D eigenvalue weighted by Crippen LogP contribution is -2.33. The van der Waals surface area contributed by atoms with Crippen molar-refractivity contribution >= 4 is 28.8 Å². The number of carbonyl (C=O) groups excluding carboxylic acids is 2. The lowest BCUT2D eigenvalue weighted by atomic mass is 10.0. The third kappa shape index (κ3) is 3.52. The second-order valence-corrected chi connectivity index (χ2v) is 7.53. The van der Waals surface area contributed by atoms with Crippen LogP contribution in [0.15, 0.2) is 78.5 Å². The maximum atomic E-state index is 13.5. The topological polar surface area (TPSA) is 49.4 Å². The first-order valence-electron chi connectivity index (χ1n) is 10.1. The van der Waals surface area contributed by atoms with Crippen molar-refractivity contribution in [3.8, 4) is 0 Å². The van der Waals surface area contributed by atoms with E-state index in [2.05, 4.69) is 12.2 Å². The summed E-state index contributed by atoms with van der Waals surface area (Å²) < 4.78 is 0. The maximum Gasteiger partial charge on any atom is 0.282 e. The molecule has 3 aromatic rings. The number of imide groups is 1. The van der Waals surface area contributed by atoms with Gasteiger partial charge < -0.3 is 5.32 Å². The molecular formula is C26H24N2O2. The summed E-state index contributed by atoms with van der Waals surface area (Å²) in [6.07, 6.45) is 0.941. The highest BCUT2D eigenvalue weighted by Gasteiger charge is 2.40. The Morgan fingerprint density at radius 1 is 0.833 bits per heavy atom. The summed E-state index contributed by atoms with van der Waals surface area (Å²) in [7, 11) is 0. The molecular weight excluding hydrogens is 372 g/mol. The molecule has 0 fully saturated rings. The third-order valence-electron chi connectivity index (χ3n) is 5.38. The van der Waals surface area contributed by atoms with Gasteiger partial charge in [0.1, 0.15) is 5.70 Å². The van der Waals surface area contributed by atoms with Crippen LogP contribution >= 0.6 is 0 Å². The summed E-state index contributed by atoms with van der Waals surface area (Å²) in [5.74, 6) is -0.653. The van der Waals surface area contributed by atoms with Crippen LogP contribution in [-0.2, 0) is 16.0 Å². The molecule has 0 spiro atoms. The first-order chi connectivity index (χ1) is 14.5. The standard InChI is InChI=1S/C26H24N2O2/c1-4-19-12-14-21(15-13-19)27-24-23(20-8-6-5-7-9-20)25(29)28(26(24)30)22-16-17(2)10-11-18(22)3/h5-16,27H,4H2,1-3H3. The van der Waals surface area contributed by atoms with Crippen molar-refractivity contribution in [3.05, 3.63) is 101 Å². The molecule has 3 aromatic carbocycles. The molecule has 0 aromatic heterocycles. The summed E-state index contributed by atoms with van der Waals surface area (Å²) in [5, 5.41) is 3.22. The fourth-order valence-electron chi connectivity index (χ4n) is 3.67. The minimum absolute atomic E-state index is 0.302. The zero-order valence-corrected chi connectivity index (χ0v) is 17.4. The quantitative estimate of drug-likeness (QED) is 0.598. The molecule has 1 aliphatic heterocycles. The van der Waals surface area contributed by atoms with Gasteiger partial charge in [-0.25, -0.2) is 4.90 Å². The lowest BCUT2D eigenvalue weighted by Gasteiger charge is -2.18. The molecule has 1 N–H and O–H groups in total. The molecule has 1 aliphatic rings. The second-order valence-electron chi connectivity index (χ2n) is 7.53. The van der Waals surface area contributed by atoms with Gasteiger partial charge in [-0.1, -0.05) is 61.5 Å². The van der Waals surface area contributed by atoms with Crippen molar-refractivity contribution in [2.24, 2.45) is 0 Å². The van der Waals surface area contributed by atoms with Crippen LogP contribution < -0.4 is 10.2 Å². The van der Waals surface area contributed by atoms with Crippen molar-refractivity contribution in [1.82, 2.24) is 0 Å². The van der Waals surface area contributed by atoms with Gasteiger partial charge in [-0.2, -0.15) is 0 Å². The van der Waals surface area contributed by atoms with Crippen LogP contribution in [0.4, 0.5) is 11.4 Å². The number of anilines is 2. The predicted octanol–water partition coefficient (Wildman–Crippen LogP) is 5.26. The van der Waals surface area contributed by atoms with Crippen molar-refractivity contribution < 1.29 is 9.59 Å². The Balaban J connectivity index is 1.81. The Kier molecular flexibility index (Phi) is 5.23. The van der Waals surface area contributed by atoms with Crippen LogP contribution in [0.1, 0.15) is 29.2 Å². The Morgan fingerprint density at radius 3 is 2.20 bits per heavy atom. The molecule has 0 aliphatic carbocycles. The molecule has 30 heavy (non-hydrogen) atoms. The highest BCUT2D eigenvalue weighted by molar-refractivity contribution is 6.46. The SMILES string of the molecule is CCc1ccc(NC2=C(c3ccccc3)C(=O)N(c3cc(C)ccc3C)C2=O)cc1. The van der Waals surface area contributed by atoms with E-state index in [1.54, 1.807) is 0 Å². The van der Waals surface area contributed by atoms with Crippen LogP contribution in [0.3, 0.4) is 0 Å². The second kappa shape index (κ2) is 7.99. The van der Waals surface area contributed by atoms with Gasteiger partial charge in [0.25, 0.3) is 11.8 Å². The number of benzene rings is 3. The van der Waals surface area contributed by atoms with Gasteiger partial charge in [-0.05, 0) is 60.7 Å². The Hall–Kier alpha value is -3.66. The monoisotopic (exact) mass is 396 g/mol. The molecule has 0 atom stereocenters. The molecule has 0 bridgehead atoms. The number of hydrogen-bond donors (Lipinski definition) is 1. The number of rotatable bonds is 5. The Morgan fingerprint density at radius 2 is 1.53 bits per heavy atom. The number of carbonyl (C=O) groups is 2. The van der Waals surface area contributed by atoms with Crippen LogP contribution in [-0.4, -0.2) is 11.8 Å². The zero-order chi connectivity index (χ0) is 21.3. The van der Waals surface area contributed by atoms with Gasteiger partial charge in [0.2, 0.25) is 0 Å². The van der Waals surface area contributed by atoms with E-state index in [0.717, 1.165) is 28.8 Å². The highest BCUT2D eigenvalue weighted by Crippen LogP contribution is 2.35. The number of hydrogen-bond acceptors (Lipinski definition) is 3. The molecule has 2 amide bonds. The number of aryl methyl sites for hydroxylation is 3. The number of amides is 2. The molecule has 4 nitrogen and oxygen atoms in total. The Labute approximate surface area is 176 Å². The molecule has 4 heteroatoms. The van der Waals surface area contributed by atoms with E-state index in [-0.39, 0.29) is 11.8 Å². The van der Waals surface area contributed by atoms with E-state index in [0.29, 0.717) is 17.0 Å².